The highest BCUT2D eigenvalue weighted by molar-refractivity contribution is 5.77. The van der Waals surface area contributed by atoms with E-state index in [1.54, 1.807) is 6.92 Å². The topological polar surface area (TPSA) is 29.6 Å². The smallest absolute Gasteiger partial charge is 0.132 e. The zero-order chi connectivity index (χ0) is 10.1. The summed E-state index contributed by atoms with van der Waals surface area (Å²) in [5.74, 6) is 0.997. The number of Topliss-reactive ketones (excluding diaryl/α,β-unsaturated/α-hetero) is 1. The molecular weight excluding hydrogens is 164 g/mol. The van der Waals surface area contributed by atoms with Crippen LogP contribution in [0.5, 0.6) is 0 Å². The van der Waals surface area contributed by atoms with Crippen molar-refractivity contribution < 1.29 is 9.53 Å². The quantitative estimate of drug-likeness (QED) is 0.482. The highest BCUT2D eigenvalue weighted by Gasteiger charge is 2.51. The minimum atomic E-state index is -0.167. The number of allylic oxidation sites excluding steroid dienone is 1. The average molecular weight is 182 g/mol. The van der Waals surface area contributed by atoms with E-state index in [1.807, 2.05) is 6.08 Å². The highest BCUT2D eigenvalue weighted by atomic mass is 16.6. The second-order valence-corrected chi connectivity index (χ2v) is 4.12. The summed E-state index contributed by atoms with van der Waals surface area (Å²) < 4.78 is 5.42. The van der Waals surface area contributed by atoms with Crippen LogP contribution >= 0.6 is 0 Å². The van der Waals surface area contributed by atoms with Crippen LogP contribution in [0.15, 0.2) is 12.7 Å². The van der Waals surface area contributed by atoms with Crippen LogP contribution in [0.25, 0.3) is 0 Å². The first-order chi connectivity index (χ1) is 6.02. The molecule has 0 spiro atoms. The van der Waals surface area contributed by atoms with Crippen LogP contribution in [0.2, 0.25) is 0 Å². The lowest BCUT2D eigenvalue weighted by Gasteiger charge is -2.23. The van der Waals surface area contributed by atoms with Crippen LogP contribution in [-0.2, 0) is 9.53 Å². The first-order valence-electron chi connectivity index (χ1n) is 4.78. The lowest BCUT2D eigenvalue weighted by molar-refractivity contribution is -0.118. The molecule has 0 aromatic carbocycles. The molecule has 0 radical (unpaired) electrons. The van der Waals surface area contributed by atoms with E-state index in [2.05, 4.69) is 20.4 Å². The van der Waals surface area contributed by atoms with Crippen LogP contribution in [-0.4, -0.2) is 18.0 Å². The van der Waals surface area contributed by atoms with Gasteiger partial charge in [0.15, 0.2) is 0 Å². The molecular formula is C11H18O2. The molecule has 0 saturated carbocycles. The molecule has 0 N–H and O–H groups in total. The molecule has 1 aliphatic rings. The van der Waals surface area contributed by atoms with Gasteiger partial charge in [-0.2, -0.15) is 0 Å². The zero-order valence-corrected chi connectivity index (χ0v) is 8.67. The fraction of sp³-hybridized carbons (Fsp3) is 0.727. The Hall–Kier alpha value is -0.630. The largest absolute Gasteiger partial charge is 0.369 e. The molecule has 0 aliphatic carbocycles. The van der Waals surface area contributed by atoms with Crippen molar-refractivity contribution in [3.63, 3.8) is 0 Å². The SMILES string of the molecule is C=C[C@@H](C)[C@@H](C)[C@@]1(CC(C)=O)CO1. The van der Waals surface area contributed by atoms with E-state index in [1.165, 1.54) is 0 Å². The number of carbonyl (C=O) groups is 1. The Bertz CT molecular complexity index is 216. The maximum absolute atomic E-state index is 11.0. The Balaban J connectivity index is 2.59. The third-order valence-electron chi connectivity index (χ3n) is 3.05. The van der Waals surface area contributed by atoms with Gasteiger partial charge in [-0.15, -0.1) is 6.58 Å². The number of ether oxygens (including phenoxy) is 1. The van der Waals surface area contributed by atoms with E-state index in [0.717, 1.165) is 6.61 Å². The zero-order valence-electron chi connectivity index (χ0n) is 8.67. The van der Waals surface area contributed by atoms with E-state index >= 15 is 0 Å². The summed E-state index contributed by atoms with van der Waals surface area (Å²) in [6.45, 7) is 10.3. The summed E-state index contributed by atoms with van der Waals surface area (Å²) in [4.78, 5) is 11.0. The van der Waals surface area contributed by atoms with E-state index in [0.29, 0.717) is 18.3 Å². The average Bonchev–Trinajstić information content (AvgIpc) is 2.82. The molecule has 0 unspecified atom stereocenters. The van der Waals surface area contributed by atoms with Gasteiger partial charge >= 0.3 is 0 Å². The predicted octanol–water partition coefficient (Wildman–Crippen LogP) is 2.19. The maximum Gasteiger partial charge on any atom is 0.132 e. The second kappa shape index (κ2) is 3.62. The van der Waals surface area contributed by atoms with Gasteiger partial charge in [0.2, 0.25) is 0 Å². The molecule has 0 aromatic heterocycles. The van der Waals surface area contributed by atoms with Crippen molar-refractivity contribution in [2.45, 2.75) is 32.8 Å². The van der Waals surface area contributed by atoms with Crippen LogP contribution in [0, 0.1) is 11.8 Å². The van der Waals surface area contributed by atoms with Crippen molar-refractivity contribution in [3.8, 4) is 0 Å². The van der Waals surface area contributed by atoms with Crippen molar-refractivity contribution >= 4 is 5.78 Å². The lowest BCUT2D eigenvalue weighted by atomic mass is 9.81. The maximum atomic E-state index is 11.0. The summed E-state index contributed by atoms with van der Waals surface area (Å²) in [6, 6.07) is 0. The summed E-state index contributed by atoms with van der Waals surface area (Å²) >= 11 is 0. The van der Waals surface area contributed by atoms with E-state index in [-0.39, 0.29) is 11.4 Å². The van der Waals surface area contributed by atoms with Gasteiger partial charge in [0.1, 0.15) is 11.4 Å². The Kier molecular flexibility index (Phi) is 2.91. The van der Waals surface area contributed by atoms with Gasteiger partial charge in [0, 0.05) is 6.42 Å². The Morgan fingerprint density at radius 1 is 1.69 bits per heavy atom. The Labute approximate surface area is 80.0 Å². The normalized spacial score (nSPS) is 30.7. The first-order valence-corrected chi connectivity index (χ1v) is 4.78. The fourth-order valence-electron chi connectivity index (χ4n) is 1.72. The Morgan fingerprint density at radius 2 is 2.23 bits per heavy atom. The van der Waals surface area contributed by atoms with E-state index < -0.39 is 0 Å². The molecule has 1 heterocycles. The number of carbonyl (C=O) groups excluding carboxylic acids is 1. The molecule has 13 heavy (non-hydrogen) atoms. The molecule has 3 atom stereocenters. The molecule has 0 bridgehead atoms. The third-order valence-corrected chi connectivity index (χ3v) is 3.05. The predicted molar refractivity (Wildman–Crippen MR) is 52.5 cm³/mol. The van der Waals surface area contributed by atoms with Gasteiger partial charge in [-0.1, -0.05) is 19.9 Å². The van der Waals surface area contributed by atoms with Crippen LogP contribution in [0.3, 0.4) is 0 Å². The monoisotopic (exact) mass is 182 g/mol. The van der Waals surface area contributed by atoms with E-state index in [4.69, 9.17) is 4.74 Å². The molecule has 0 amide bonds. The molecule has 2 heteroatoms. The van der Waals surface area contributed by atoms with Gasteiger partial charge < -0.3 is 4.74 Å². The Morgan fingerprint density at radius 3 is 2.54 bits per heavy atom. The summed E-state index contributed by atoms with van der Waals surface area (Å²) in [7, 11) is 0. The molecule has 0 aromatic rings. The minimum Gasteiger partial charge on any atom is -0.369 e. The lowest BCUT2D eigenvalue weighted by Crippen LogP contribution is -2.28. The molecule has 1 aliphatic heterocycles. The first kappa shape index (κ1) is 10.5. The summed E-state index contributed by atoms with van der Waals surface area (Å²) in [6.07, 6.45) is 2.47. The second-order valence-electron chi connectivity index (χ2n) is 4.12. The van der Waals surface area contributed by atoms with Crippen molar-refractivity contribution in [2.75, 3.05) is 6.61 Å². The number of rotatable bonds is 5. The number of ketones is 1. The number of hydrogen-bond acceptors (Lipinski definition) is 2. The number of hydrogen-bond donors (Lipinski definition) is 0. The molecule has 2 nitrogen and oxygen atoms in total. The van der Waals surface area contributed by atoms with Gasteiger partial charge in [-0.25, -0.2) is 0 Å². The van der Waals surface area contributed by atoms with Crippen LogP contribution in [0.1, 0.15) is 27.2 Å². The molecule has 74 valence electrons. The standard InChI is InChI=1S/C11H18O2/c1-5-8(2)10(4)11(7-13-11)6-9(3)12/h5,8,10H,1,6-7H2,2-4H3/t8-,10-,11-/m1/s1. The highest BCUT2D eigenvalue weighted by Crippen LogP contribution is 2.42. The summed E-state index contributed by atoms with van der Waals surface area (Å²) in [5, 5.41) is 0. The summed E-state index contributed by atoms with van der Waals surface area (Å²) in [5.41, 5.74) is -0.167. The van der Waals surface area contributed by atoms with Crippen molar-refractivity contribution in [1.29, 1.82) is 0 Å². The van der Waals surface area contributed by atoms with Crippen LogP contribution in [0.4, 0.5) is 0 Å². The van der Waals surface area contributed by atoms with Crippen molar-refractivity contribution in [2.24, 2.45) is 11.8 Å². The van der Waals surface area contributed by atoms with Gasteiger partial charge in [-0.05, 0) is 18.8 Å². The van der Waals surface area contributed by atoms with Crippen LogP contribution < -0.4 is 0 Å². The molecule has 1 saturated heterocycles. The van der Waals surface area contributed by atoms with Gasteiger partial charge in [0.05, 0.1) is 6.61 Å². The number of epoxide rings is 1. The van der Waals surface area contributed by atoms with Crippen molar-refractivity contribution in [3.05, 3.63) is 12.7 Å². The molecule has 1 fully saturated rings. The van der Waals surface area contributed by atoms with Gasteiger partial charge in [-0.3, -0.25) is 4.79 Å². The fourth-order valence-corrected chi connectivity index (χ4v) is 1.72. The third kappa shape index (κ3) is 2.19. The van der Waals surface area contributed by atoms with Gasteiger partial charge in [0.25, 0.3) is 0 Å². The van der Waals surface area contributed by atoms with Crippen molar-refractivity contribution in [1.82, 2.24) is 0 Å². The van der Waals surface area contributed by atoms with E-state index in [9.17, 15) is 4.79 Å². The minimum absolute atomic E-state index is 0.167. The molecule has 1 rings (SSSR count).